The van der Waals surface area contributed by atoms with Gasteiger partial charge < -0.3 is 9.47 Å². The molecule has 0 saturated carbocycles. The van der Waals surface area contributed by atoms with Crippen LogP contribution in [0, 0.1) is 0 Å². The number of nitrogens with zero attached hydrogens (tertiary/aromatic N) is 1. The van der Waals surface area contributed by atoms with Crippen LogP contribution in [0.5, 0.6) is 0 Å². The third-order valence-corrected chi connectivity index (χ3v) is 2.56. The summed E-state index contributed by atoms with van der Waals surface area (Å²) in [7, 11) is 1.60. The van der Waals surface area contributed by atoms with E-state index in [1.807, 2.05) is 39.0 Å². The molecule has 0 aliphatic rings. The zero-order valence-corrected chi connectivity index (χ0v) is 13.2. The van der Waals surface area contributed by atoms with Crippen LogP contribution in [-0.2, 0) is 15.9 Å². The van der Waals surface area contributed by atoms with Gasteiger partial charge in [0, 0.05) is 7.11 Å². The summed E-state index contributed by atoms with van der Waals surface area (Å²) in [5.74, 6) is 0. The highest BCUT2D eigenvalue weighted by molar-refractivity contribution is 5.86. The molecule has 0 aliphatic carbocycles. The van der Waals surface area contributed by atoms with Crippen LogP contribution < -0.4 is 5.43 Å². The van der Waals surface area contributed by atoms with Gasteiger partial charge >= 0.3 is 6.09 Å². The first-order valence-corrected chi connectivity index (χ1v) is 6.98. The van der Waals surface area contributed by atoms with Crippen molar-refractivity contribution in [2.24, 2.45) is 5.10 Å². The minimum atomic E-state index is -0.559. The van der Waals surface area contributed by atoms with Crippen molar-refractivity contribution >= 4 is 11.8 Å². The number of benzene rings is 1. The van der Waals surface area contributed by atoms with E-state index in [4.69, 9.17) is 9.47 Å². The summed E-state index contributed by atoms with van der Waals surface area (Å²) in [4.78, 5) is 11.6. The molecule has 1 N–H and O–H groups in total. The van der Waals surface area contributed by atoms with E-state index in [0.717, 1.165) is 12.1 Å². The molecule has 21 heavy (non-hydrogen) atoms. The Morgan fingerprint density at radius 3 is 2.48 bits per heavy atom. The molecular formula is C16H24N2O3. The molecule has 0 atom stereocenters. The number of methoxy groups -OCH3 is 1. The SMILES string of the molecule is COC/C(CCc1ccccc1)=N\NC(=O)OC(C)(C)C. The second kappa shape index (κ2) is 8.42. The Bertz CT molecular complexity index is 464. The number of hydrogen-bond acceptors (Lipinski definition) is 4. The number of rotatable bonds is 6. The molecule has 0 spiro atoms. The number of nitrogens with one attached hydrogen (secondary N) is 1. The minimum Gasteiger partial charge on any atom is -0.443 e. The number of carbonyl (C=O) groups is 1. The Labute approximate surface area is 126 Å². The average Bonchev–Trinajstić information content (AvgIpc) is 2.41. The highest BCUT2D eigenvalue weighted by atomic mass is 16.6. The fourth-order valence-electron chi connectivity index (χ4n) is 1.69. The number of carbonyl (C=O) groups excluding carboxylic acids is 1. The van der Waals surface area contributed by atoms with Gasteiger partial charge in [0.25, 0.3) is 0 Å². The smallest absolute Gasteiger partial charge is 0.428 e. The molecule has 1 aromatic rings. The number of hydrazone groups is 1. The molecule has 0 aromatic heterocycles. The molecule has 1 rings (SSSR count). The lowest BCUT2D eigenvalue weighted by Crippen LogP contribution is -2.30. The second-order valence-electron chi connectivity index (χ2n) is 5.71. The molecule has 0 saturated heterocycles. The van der Waals surface area contributed by atoms with E-state index in [2.05, 4.69) is 22.7 Å². The van der Waals surface area contributed by atoms with Crippen molar-refractivity contribution in [3.8, 4) is 0 Å². The van der Waals surface area contributed by atoms with Crippen molar-refractivity contribution < 1.29 is 14.3 Å². The van der Waals surface area contributed by atoms with Crippen molar-refractivity contribution in [1.82, 2.24) is 5.43 Å². The van der Waals surface area contributed by atoms with Gasteiger partial charge in [-0.1, -0.05) is 30.3 Å². The first-order valence-electron chi connectivity index (χ1n) is 6.98. The quantitative estimate of drug-likeness (QED) is 0.647. The average molecular weight is 292 g/mol. The summed E-state index contributed by atoms with van der Waals surface area (Å²) in [6.45, 7) is 5.80. The molecule has 0 bridgehead atoms. The van der Waals surface area contributed by atoms with Crippen molar-refractivity contribution in [2.45, 2.75) is 39.2 Å². The van der Waals surface area contributed by atoms with Gasteiger partial charge in [-0.25, -0.2) is 10.2 Å². The monoisotopic (exact) mass is 292 g/mol. The molecule has 1 amide bonds. The number of hydrogen-bond donors (Lipinski definition) is 1. The standard InChI is InChI=1S/C16H24N2O3/c1-16(2,3)21-15(19)18-17-14(12-20-4)11-10-13-8-6-5-7-9-13/h5-9H,10-12H2,1-4H3,(H,18,19)/b17-14-. The third-order valence-electron chi connectivity index (χ3n) is 2.56. The number of aryl methyl sites for hydroxylation is 1. The lowest BCUT2D eigenvalue weighted by atomic mass is 10.1. The maximum atomic E-state index is 11.6. The van der Waals surface area contributed by atoms with Crippen LogP contribution in [0.4, 0.5) is 4.79 Å². The Hall–Kier alpha value is -1.88. The molecule has 116 valence electrons. The molecule has 0 fully saturated rings. The van der Waals surface area contributed by atoms with Crippen molar-refractivity contribution in [3.63, 3.8) is 0 Å². The summed E-state index contributed by atoms with van der Waals surface area (Å²) < 4.78 is 10.2. The molecular weight excluding hydrogens is 268 g/mol. The van der Waals surface area contributed by atoms with Crippen LogP contribution in [0.2, 0.25) is 0 Å². The largest absolute Gasteiger partial charge is 0.443 e. The molecule has 0 radical (unpaired) electrons. The maximum absolute atomic E-state index is 11.6. The lowest BCUT2D eigenvalue weighted by Gasteiger charge is -2.18. The minimum absolute atomic E-state index is 0.378. The van der Waals surface area contributed by atoms with Gasteiger partial charge in [-0.15, -0.1) is 0 Å². The molecule has 5 heteroatoms. The highest BCUT2D eigenvalue weighted by Crippen LogP contribution is 2.07. The zero-order valence-electron chi connectivity index (χ0n) is 13.2. The van der Waals surface area contributed by atoms with Crippen LogP contribution in [0.25, 0.3) is 0 Å². The van der Waals surface area contributed by atoms with Gasteiger partial charge in [0.15, 0.2) is 0 Å². The Balaban J connectivity index is 2.52. The van der Waals surface area contributed by atoms with Crippen LogP contribution in [0.1, 0.15) is 32.8 Å². The summed E-state index contributed by atoms with van der Waals surface area (Å²) >= 11 is 0. The van der Waals surface area contributed by atoms with Crippen molar-refractivity contribution in [2.75, 3.05) is 13.7 Å². The fourth-order valence-corrected chi connectivity index (χ4v) is 1.69. The number of amides is 1. The predicted molar refractivity (Wildman–Crippen MR) is 83.4 cm³/mol. The molecule has 0 aliphatic heterocycles. The van der Waals surface area contributed by atoms with E-state index in [0.29, 0.717) is 13.0 Å². The van der Waals surface area contributed by atoms with Gasteiger partial charge in [0.1, 0.15) is 5.60 Å². The van der Waals surface area contributed by atoms with E-state index < -0.39 is 11.7 Å². The zero-order chi connectivity index (χ0) is 15.7. The fraction of sp³-hybridized carbons (Fsp3) is 0.500. The Morgan fingerprint density at radius 2 is 1.90 bits per heavy atom. The van der Waals surface area contributed by atoms with Gasteiger partial charge in [-0.3, -0.25) is 0 Å². The van der Waals surface area contributed by atoms with E-state index >= 15 is 0 Å². The molecule has 1 aromatic carbocycles. The lowest BCUT2D eigenvalue weighted by molar-refractivity contribution is 0.0528. The molecule has 0 heterocycles. The van der Waals surface area contributed by atoms with Crippen LogP contribution in [0.15, 0.2) is 35.4 Å². The summed E-state index contributed by atoms with van der Waals surface area (Å²) in [6, 6.07) is 10.1. The molecule has 0 unspecified atom stereocenters. The van der Waals surface area contributed by atoms with E-state index in [9.17, 15) is 4.79 Å². The predicted octanol–water partition coefficient (Wildman–Crippen LogP) is 3.15. The van der Waals surface area contributed by atoms with Gasteiger partial charge in [-0.2, -0.15) is 5.10 Å². The van der Waals surface area contributed by atoms with Gasteiger partial charge in [-0.05, 0) is 39.2 Å². The van der Waals surface area contributed by atoms with Crippen molar-refractivity contribution in [3.05, 3.63) is 35.9 Å². The van der Waals surface area contributed by atoms with Crippen LogP contribution in [-0.4, -0.2) is 31.1 Å². The van der Waals surface area contributed by atoms with Crippen LogP contribution >= 0.6 is 0 Å². The summed E-state index contributed by atoms with van der Waals surface area (Å²) in [5, 5.41) is 4.08. The Kier molecular flexibility index (Phi) is 6.88. The first-order chi connectivity index (χ1) is 9.90. The van der Waals surface area contributed by atoms with E-state index in [-0.39, 0.29) is 0 Å². The Morgan fingerprint density at radius 1 is 1.24 bits per heavy atom. The number of ether oxygens (including phenoxy) is 2. The van der Waals surface area contributed by atoms with Crippen LogP contribution in [0.3, 0.4) is 0 Å². The van der Waals surface area contributed by atoms with Gasteiger partial charge in [0.05, 0.1) is 12.3 Å². The maximum Gasteiger partial charge on any atom is 0.428 e. The summed E-state index contributed by atoms with van der Waals surface area (Å²) in [6.07, 6.45) is 1.00. The summed E-state index contributed by atoms with van der Waals surface area (Å²) in [5.41, 5.74) is 3.86. The second-order valence-corrected chi connectivity index (χ2v) is 5.71. The van der Waals surface area contributed by atoms with E-state index in [1.54, 1.807) is 7.11 Å². The van der Waals surface area contributed by atoms with E-state index in [1.165, 1.54) is 5.56 Å². The highest BCUT2D eigenvalue weighted by Gasteiger charge is 2.15. The molecule has 5 nitrogen and oxygen atoms in total. The van der Waals surface area contributed by atoms with Gasteiger partial charge in [0.2, 0.25) is 0 Å². The normalized spacial score (nSPS) is 12.1. The third kappa shape index (κ3) is 8.09. The van der Waals surface area contributed by atoms with Crippen molar-refractivity contribution in [1.29, 1.82) is 0 Å². The topological polar surface area (TPSA) is 59.9 Å². The first kappa shape index (κ1) is 17.2.